The molecule has 28 heavy (non-hydrogen) atoms. The van der Waals surface area contributed by atoms with Crippen LogP contribution >= 0.6 is 12.4 Å². The number of nitrogens with zero attached hydrogens (tertiary/aromatic N) is 2. The molecule has 0 spiro atoms. The maximum Gasteiger partial charge on any atom is 0.257 e. The second kappa shape index (κ2) is 12.5. The van der Waals surface area contributed by atoms with Gasteiger partial charge in [-0.3, -0.25) is 9.59 Å². The summed E-state index contributed by atoms with van der Waals surface area (Å²) in [6, 6.07) is 5.18. The number of ether oxygens (including phenoxy) is 2. The molecule has 0 bridgehead atoms. The molecule has 1 heterocycles. The van der Waals surface area contributed by atoms with Crippen LogP contribution < -0.4 is 15.2 Å². The van der Waals surface area contributed by atoms with Crippen LogP contribution in [0.15, 0.2) is 18.2 Å². The van der Waals surface area contributed by atoms with Crippen molar-refractivity contribution in [3.05, 3.63) is 23.8 Å². The molecule has 1 aliphatic rings. The zero-order valence-electron chi connectivity index (χ0n) is 16.8. The molecule has 1 aromatic rings. The first-order chi connectivity index (χ1) is 13.1. The van der Waals surface area contributed by atoms with Gasteiger partial charge in [0.15, 0.2) is 0 Å². The third-order valence-corrected chi connectivity index (χ3v) is 4.90. The number of hydrogen-bond donors (Lipinski definition) is 1. The second-order valence-corrected chi connectivity index (χ2v) is 6.69. The second-order valence-electron chi connectivity index (χ2n) is 6.69. The van der Waals surface area contributed by atoms with Crippen molar-refractivity contribution in [3.8, 4) is 11.5 Å². The Morgan fingerprint density at radius 3 is 2.21 bits per heavy atom. The minimum absolute atomic E-state index is 0. The molecule has 8 heteroatoms. The maximum atomic E-state index is 12.8. The fourth-order valence-electron chi connectivity index (χ4n) is 3.24. The summed E-state index contributed by atoms with van der Waals surface area (Å²) in [6.07, 6.45) is 4.62. The predicted octanol–water partition coefficient (Wildman–Crippen LogP) is 2.32. The van der Waals surface area contributed by atoms with E-state index in [0.29, 0.717) is 56.2 Å². The number of halogens is 1. The summed E-state index contributed by atoms with van der Waals surface area (Å²) in [5.74, 6) is 1.24. The zero-order valence-corrected chi connectivity index (χ0v) is 17.6. The van der Waals surface area contributed by atoms with Crippen molar-refractivity contribution < 1.29 is 19.1 Å². The minimum Gasteiger partial charge on any atom is -0.497 e. The van der Waals surface area contributed by atoms with Crippen LogP contribution in [0.5, 0.6) is 11.5 Å². The van der Waals surface area contributed by atoms with Crippen LogP contribution in [0.2, 0.25) is 0 Å². The Morgan fingerprint density at radius 2 is 1.61 bits per heavy atom. The number of methoxy groups -OCH3 is 2. The molecule has 2 N–H and O–H groups in total. The summed E-state index contributed by atoms with van der Waals surface area (Å²) >= 11 is 0. The fourth-order valence-corrected chi connectivity index (χ4v) is 3.24. The molecule has 0 saturated carbocycles. The van der Waals surface area contributed by atoms with Gasteiger partial charge >= 0.3 is 0 Å². The summed E-state index contributed by atoms with van der Waals surface area (Å²) in [4.78, 5) is 28.8. The lowest BCUT2D eigenvalue weighted by Crippen LogP contribution is -2.50. The Balaban J connectivity index is 0.00000392. The zero-order chi connectivity index (χ0) is 19.6. The van der Waals surface area contributed by atoms with E-state index < -0.39 is 0 Å². The molecule has 2 rings (SSSR count). The number of piperazine rings is 1. The van der Waals surface area contributed by atoms with Crippen LogP contribution in [0.4, 0.5) is 0 Å². The van der Waals surface area contributed by atoms with Crippen LogP contribution in [-0.2, 0) is 4.79 Å². The van der Waals surface area contributed by atoms with E-state index in [1.165, 1.54) is 7.11 Å². The highest BCUT2D eigenvalue weighted by Crippen LogP contribution is 2.26. The van der Waals surface area contributed by atoms with Crippen LogP contribution in [0.3, 0.4) is 0 Å². The number of unbranched alkanes of at least 4 members (excludes halogenated alkanes) is 3. The first-order valence-corrected chi connectivity index (χ1v) is 9.59. The number of amides is 2. The molecule has 1 fully saturated rings. The molecule has 1 aliphatic heterocycles. The predicted molar refractivity (Wildman–Crippen MR) is 111 cm³/mol. The van der Waals surface area contributed by atoms with E-state index in [2.05, 4.69) is 0 Å². The number of nitrogens with two attached hydrogens (primary N) is 1. The summed E-state index contributed by atoms with van der Waals surface area (Å²) in [6.45, 7) is 2.93. The topological polar surface area (TPSA) is 85.1 Å². The van der Waals surface area contributed by atoms with Gasteiger partial charge in [0.05, 0.1) is 19.8 Å². The van der Waals surface area contributed by atoms with E-state index in [1.807, 2.05) is 4.90 Å². The van der Waals surface area contributed by atoms with E-state index in [9.17, 15) is 9.59 Å². The highest BCUT2D eigenvalue weighted by Gasteiger charge is 2.26. The molecule has 0 aromatic heterocycles. The van der Waals surface area contributed by atoms with Crippen molar-refractivity contribution in [3.63, 3.8) is 0 Å². The van der Waals surface area contributed by atoms with Crippen LogP contribution in [0, 0.1) is 0 Å². The summed E-state index contributed by atoms with van der Waals surface area (Å²) < 4.78 is 10.5. The number of benzene rings is 1. The SMILES string of the molecule is COc1ccc(C(=O)N2CCN(C(=O)CCCCCCN)CC2)c(OC)c1.Cl. The van der Waals surface area contributed by atoms with Crippen LogP contribution in [0.1, 0.15) is 42.5 Å². The number of carbonyl (C=O) groups is 2. The number of hydrogen-bond acceptors (Lipinski definition) is 5. The Hall–Kier alpha value is -1.99. The van der Waals surface area contributed by atoms with Gasteiger partial charge in [-0.1, -0.05) is 12.8 Å². The fraction of sp³-hybridized carbons (Fsp3) is 0.600. The summed E-state index contributed by atoms with van der Waals surface area (Å²) in [5.41, 5.74) is 5.99. The largest absolute Gasteiger partial charge is 0.497 e. The Kier molecular flexibility index (Phi) is 10.7. The molecular weight excluding hydrogens is 382 g/mol. The van der Waals surface area contributed by atoms with Crippen molar-refractivity contribution >= 4 is 24.2 Å². The van der Waals surface area contributed by atoms with Crippen molar-refractivity contribution in [1.82, 2.24) is 9.80 Å². The van der Waals surface area contributed by atoms with Gasteiger partial charge in [0.25, 0.3) is 5.91 Å². The lowest BCUT2D eigenvalue weighted by Gasteiger charge is -2.35. The average molecular weight is 414 g/mol. The molecule has 0 radical (unpaired) electrons. The van der Waals surface area contributed by atoms with E-state index in [4.69, 9.17) is 15.2 Å². The lowest BCUT2D eigenvalue weighted by molar-refractivity contribution is -0.132. The van der Waals surface area contributed by atoms with Gasteiger partial charge in [-0.05, 0) is 31.5 Å². The Bertz CT molecular complexity index is 634. The van der Waals surface area contributed by atoms with Crippen molar-refractivity contribution in [2.24, 2.45) is 5.73 Å². The Morgan fingerprint density at radius 1 is 0.964 bits per heavy atom. The van der Waals surface area contributed by atoms with Crippen molar-refractivity contribution in [2.75, 3.05) is 46.9 Å². The molecule has 2 amide bonds. The van der Waals surface area contributed by atoms with Crippen LogP contribution in [-0.4, -0.2) is 68.6 Å². The van der Waals surface area contributed by atoms with E-state index >= 15 is 0 Å². The molecule has 0 aliphatic carbocycles. The standard InChI is InChI=1S/C20H31N3O4.ClH/c1-26-16-8-9-17(18(15-16)27-2)20(25)23-13-11-22(12-14-23)19(24)7-5-3-4-6-10-21;/h8-9,15H,3-7,10-14,21H2,1-2H3;1H. The van der Waals surface area contributed by atoms with Gasteiger partial charge in [0, 0.05) is 38.7 Å². The number of carbonyl (C=O) groups excluding carboxylic acids is 2. The van der Waals surface area contributed by atoms with Gasteiger partial charge in [-0.25, -0.2) is 0 Å². The average Bonchev–Trinajstić information content (AvgIpc) is 2.72. The van der Waals surface area contributed by atoms with Gasteiger partial charge < -0.3 is 25.0 Å². The molecule has 1 aromatic carbocycles. The third kappa shape index (κ3) is 6.56. The molecule has 7 nitrogen and oxygen atoms in total. The molecule has 0 atom stereocenters. The van der Waals surface area contributed by atoms with Gasteiger partial charge in [-0.2, -0.15) is 0 Å². The smallest absolute Gasteiger partial charge is 0.257 e. The van der Waals surface area contributed by atoms with Crippen molar-refractivity contribution in [1.29, 1.82) is 0 Å². The quantitative estimate of drug-likeness (QED) is 0.628. The maximum absolute atomic E-state index is 12.8. The first-order valence-electron chi connectivity index (χ1n) is 9.59. The highest BCUT2D eigenvalue weighted by atomic mass is 35.5. The van der Waals surface area contributed by atoms with E-state index in [0.717, 1.165) is 25.7 Å². The summed E-state index contributed by atoms with van der Waals surface area (Å²) in [7, 11) is 3.11. The minimum atomic E-state index is -0.0802. The first kappa shape index (κ1) is 24.0. The molecule has 1 saturated heterocycles. The van der Waals surface area contributed by atoms with Gasteiger partial charge in [0.1, 0.15) is 11.5 Å². The van der Waals surface area contributed by atoms with Crippen LogP contribution in [0.25, 0.3) is 0 Å². The molecule has 158 valence electrons. The van der Waals surface area contributed by atoms with Gasteiger partial charge in [-0.15, -0.1) is 12.4 Å². The monoisotopic (exact) mass is 413 g/mol. The molecule has 0 unspecified atom stereocenters. The number of rotatable bonds is 9. The van der Waals surface area contributed by atoms with Crippen molar-refractivity contribution in [2.45, 2.75) is 32.1 Å². The van der Waals surface area contributed by atoms with Gasteiger partial charge in [0.2, 0.25) is 5.91 Å². The molecular formula is C20H32ClN3O4. The summed E-state index contributed by atoms with van der Waals surface area (Å²) in [5, 5.41) is 0. The normalized spacial score (nSPS) is 13.7. The lowest BCUT2D eigenvalue weighted by atomic mass is 10.1. The third-order valence-electron chi connectivity index (χ3n) is 4.90. The van der Waals surface area contributed by atoms with E-state index in [1.54, 1.807) is 30.2 Å². The van der Waals surface area contributed by atoms with E-state index in [-0.39, 0.29) is 24.2 Å². The Labute approximate surface area is 173 Å². The highest BCUT2D eigenvalue weighted by molar-refractivity contribution is 5.97.